The first-order valence-corrected chi connectivity index (χ1v) is 11.8. The molecule has 4 rings (SSSR count). The molecule has 5 N–H and O–H groups in total. The van der Waals surface area contributed by atoms with Crippen molar-refractivity contribution in [2.45, 2.75) is 32.5 Å². The fraction of sp³-hybridized carbons (Fsp3) is 0.240. The number of anilines is 4. The number of aryl methyl sites for hydroxylation is 1. The molecule has 1 amide bonds. The highest BCUT2D eigenvalue weighted by atomic mass is 32.1. The van der Waals surface area contributed by atoms with Crippen LogP contribution in [0.1, 0.15) is 29.8 Å². The van der Waals surface area contributed by atoms with Crippen LogP contribution < -0.4 is 16.0 Å². The van der Waals surface area contributed by atoms with Gasteiger partial charge in [0.05, 0.1) is 39.1 Å². The quantitative estimate of drug-likeness (QED) is 0.218. The number of rotatable bonds is 8. The summed E-state index contributed by atoms with van der Waals surface area (Å²) in [5, 5.41) is 28.5. The lowest BCUT2D eigenvalue weighted by Gasteiger charge is -2.22. The van der Waals surface area contributed by atoms with Gasteiger partial charge in [0.15, 0.2) is 0 Å². The van der Waals surface area contributed by atoms with Crippen molar-refractivity contribution >= 4 is 50.3 Å². The van der Waals surface area contributed by atoms with Gasteiger partial charge < -0.3 is 26.2 Å². The normalized spacial score (nSPS) is 12.4. The van der Waals surface area contributed by atoms with E-state index in [1.165, 1.54) is 37.4 Å². The van der Waals surface area contributed by atoms with Gasteiger partial charge in [-0.15, -0.1) is 11.3 Å². The Morgan fingerprint density at radius 1 is 1.11 bits per heavy atom. The molecular weight excluding hydrogens is 469 g/mol. The summed E-state index contributed by atoms with van der Waals surface area (Å²) in [6.45, 7) is 4.16. The Labute approximate surface area is 205 Å². The fourth-order valence-electron chi connectivity index (χ4n) is 3.35. The van der Waals surface area contributed by atoms with E-state index in [4.69, 9.17) is 0 Å². The summed E-state index contributed by atoms with van der Waals surface area (Å²) in [5.74, 6) is 0.0762. The third-order valence-electron chi connectivity index (χ3n) is 5.44. The molecule has 0 spiro atoms. The van der Waals surface area contributed by atoms with Crippen LogP contribution in [0.3, 0.4) is 0 Å². The summed E-state index contributed by atoms with van der Waals surface area (Å²) < 4.78 is 15.2. The van der Waals surface area contributed by atoms with E-state index in [0.717, 1.165) is 21.5 Å². The van der Waals surface area contributed by atoms with Gasteiger partial charge in [-0.05, 0) is 62.7 Å². The highest BCUT2D eigenvalue weighted by Crippen LogP contribution is 2.29. The first-order chi connectivity index (χ1) is 16.6. The number of benzene rings is 2. The summed E-state index contributed by atoms with van der Waals surface area (Å²) in [7, 11) is 0. The van der Waals surface area contributed by atoms with Crippen molar-refractivity contribution in [1.82, 2.24) is 15.3 Å². The number of aromatic hydroxyl groups is 1. The Kier molecular flexibility index (Phi) is 6.86. The second-order valence-corrected chi connectivity index (χ2v) is 9.62. The third kappa shape index (κ3) is 5.84. The molecule has 4 aromatic rings. The number of phenols is 1. The van der Waals surface area contributed by atoms with Crippen molar-refractivity contribution in [3.63, 3.8) is 0 Å². The molecule has 0 aliphatic carbocycles. The lowest BCUT2D eigenvalue weighted by atomic mass is 10.0. The number of hydrogen-bond donors (Lipinski definition) is 5. The zero-order chi connectivity index (χ0) is 25.2. The average Bonchev–Trinajstić information content (AvgIpc) is 3.26. The van der Waals surface area contributed by atoms with Crippen LogP contribution >= 0.6 is 11.3 Å². The first kappa shape index (κ1) is 24.4. The molecule has 8 nitrogen and oxygen atoms in total. The van der Waals surface area contributed by atoms with Gasteiger partial charge in [-0.3, -0.25) is 4.79 Å². The molecule has 0 bridgehead atoms. The van der Waals surface area contributed by atoms with Gasteiger partial charge in [-0.1, -0.05) is 0 Å². The monoisotopic (exact) mass is 495 g/mol. The Bertz CT molecular complexity index is 1370. The number of halogens is 1. The molecule has 2 aromatic heterocycles. The van der Waals surface area contributed by atoms with Gasteiger partial charge >= 0.3 is 0 Å². The van der Waals surface area contributed by atoms with Crippen molar-refractivity contribution in [3.8, 4) is 5.75 Å². The Hall–Kier alpha value is -3.76. The number of fused-ring (bicyclic) bond motifs is 1. The maximum absolute atomic E-state index is 14.2. The van der Waals surface area contributed by atoms with Crippen molar-refractivity contribution < 1.29 is 19.4 Å². The summed E-state index contributed by atoms with van der Waals surface area (Å²) in [6, 6.07) is 12.3. The van der Waals surface area contributed by atoms with Crippen molar-refractivity contribution in [2.24, 2.45) is 0 Å². The van der Waals surface area contributed by atoms with E-state index < -0.39 is 17.7 Å². The van der Waals surface area contributed by atoms with Crippen LogP contribution in [-0.2, 0) is 0 Å². The van der Waals surface area contributed by atoms with Crippen molar-refractivity contribution in [3.05, 3.63) is 65.3 Å². The molecule has 0 radical (unpaired) electrons. The molecule has 0 saturated heterocycles. The lowest BCUT2D eigenvalue weighted by molar-refractivity contribution is -0.00177. The van der Waals surface area contributed by atoms with Gasteiger partial charge in [0, 0.05) is 23.6 Å². The number of phenolic OH excluding ortho intramolecular Hbond substituents is 1. The molecule has 0 aliphatic heterocycles. The zero-order valence-corrected chi connectivity index (χ0v) is 20.3. The Morgan fingerprint density at radius 3 is 2.66 bits per heavy atom. The van der Waals surface area contributed by atoms with E-state index in [-0.39, 0.29) is 17.9 Å². The van der Waals surface area contributed by atoms with Crippen LogP contribution in [-0.4, -0.2) is 44.4 Å². The predicted molar refractivity (Wildman–Crippen MR) is 137 cm³/mol. The van der Waals surface area contributed by atoms with Crippen LogP contribution in [0.2, 0.25) is 0 Å². The van der Waals surface area contributed by atoms with Crippen LogP contribution in [0.4, 0.5) is 27.3 Å². The number of alkyl halides is 1. The second kappa shape index (κ2) is 9.85. The van der Waals surface area contributed by atoms with Crippen LogP contribution in [0, 0.1) is 6.92 Å². The van der Waals surface area contributed by atoms with Gasteiger partial charge in [0.2, 0.25) is 0 Å². The molecule has 2 heterocycles. The number of nitrogens with zero attached hydrogens (tertiary/aromatic N) is 2. The molecule has 1 unspecified atom stereocenters. The summed E-state index contributed by atoms with van der Waals surface area (Å²) in [5.41, 5.74) is 4.00. The highest BCUT2D eigenvalue weighted by Gasteiger charge is 2.27. The minimum absolute atomic E-state index is 0.127. The number of hydrogen-bond acceptors (Lipinski definition) is 8. The Morgan fingerprint density at radius 2 is 1.91 bits per heavy atom. The van der Waals surface area contributed by atoms with Gasteiger partial charge in [-0.2, -0.15) is 0 Å². The van der Waals surface area contributed by atoms with Gasteiger partial charge in [0.25, 0.3) is 5.91 Å². The molecule has 1 atom stereocenters. The lowest BCUT2D eigenvalue weighted by Crippen LogP contribution is -2.42. The van der Waals surface area contributed by atoms with Gasteiger partial charge in [0.1, 0.15) is 17.7 Å². The van der Waals surface area contributed by atoms with E-state index in [1.54, 1.807) is 23.7 Å². The van der Waals surface area contributed by atoms with Crippen LogP contribution in [0.5, 0.6) is 5.75 Å². The molecule has 10 heteroatoms. The van der Waals surface area contributed by atoms with Crippen molar-refractivity contribution in [2.75, 3.05) is 17.2 Å². The summed E-state index contributed by atoms with van der Waals surface area (Å²) in [6.07, 6.45) is -0.240. The van der Waals surface area contributed by atoms with E-state index in [2.05, 4.69) is 25.9 Å². The number of thiazole rings is 1. The standard InChI is InChI=1S/C25H26FN5O3S/c1-14-8-16(32)5-7-18(14)31-20-10-23(30-15-4-6-19-21(9-15)35-13-29-19)27-11-17(20)24(33)28-12-22(26)25(2,3)34/h4-11,13,22,32,34H,12H2,1-3H3,(H,28,33)(H2,27,30,31). The van der Waals surface area contributed by atoms with Gasteiger partial charge in [-0.25, -0.2) is 14.4 Å². The van der Waals surface area contributed by atoms with Crippen LogP contribution in [0.15, 0.2) is 54.2 Å². The minimum atomic E-state index is -1.64. The van der Waals surface area contributed by atoms with E-state index >= 15 is 0 Å². The molecule has 0 fully saturated rings. The zero-order valence-electron chi connectivity index (χ0n) is 19.5. The fourth-order valence-corrected chi connectivity index (χ4v) is 4.07. The van der Waals surface area contributed by atoms with E-state index in [0.29, 0.717) is 17.2 Å². The maximum Gasteiger partial charge on any atom is 0.255 e. The number of amides is 1. The predicted octanol–water partition coefficient (Wildman–Crippen LogP) is 5.03. The number of aliphatic hydroxyl groups is 1. The third-order valence-corrected chi connectivity index (χ3v) is 6.23. The summed E-state index contributed by atoms with van der Waals surface area (Å²) >= 11 is 1.53. The topological polar surface area (TPSA) is 119 Å². The maximum atomic E-state index is 14.2. The number of carbonyl (C=O) groups excluding carboxylic acids is 1. The highest BCUT2D eigenvalue weighted by molar-refractivity contribution is 7.16. The molecule has 182 valence electrons. The number of nitrogens with one attached hydrogen (secondary N) is 3. The number of carbonyl (C=O) groups is 1. The molecule has 0 saturated carbocycles. The minimum Gasteiger partial charge on any atom is -0.508 e. The van der Waals surface area contributed by atoms with Crippen LogP contribution in [0.25, 0.3) is 10.2 Å². The Balaban J connectivity index is 1.63. The molecule has 2 aromatic carbocycles. The second-order valence-electron chi connectivity index (χ2n) is 8.73. The first-order valence-electron chi connectivity index (χ1n) is 10.9. The SMILES string of the molecule is Cc1cc(O)ccc1Nc1cc(Nc2ccc3ncsc3c2)ncc1C(=O)NCC(F)C(C)(C)O. The molecular formula is C25H26FN5O3S. The largest absolute Gasteiger partial charge is 0.508 e. The van der Waals surface area contributed by atoms with E-state index in [1.807, 2.05) is 25.1 Å². The number of pyridine rings is 1. The number of aromatic nitrogens is 2. The average molecular weight is 496 g/mol. The smallest absolute Gasteiger partial charge is 0.255 e. The molecule has 35 heavy (non-hydrogen) atoms. The molecule has 0 aliphatic rings. The van der Waals surface area contributed by atoms with Crippen molar-refractivity contribution in [1.29, 1.82) is 0 Å². The van der Waals surface area contributed by atoms with E-state index in [9.17, 15) is 19.4 Å². The summed E-state index contributed by atoms with van der Waals surface area (Å²) in [4.78, 5) is 21.6.